The van der Waals surface area contributed by atoms with Crippen LogP contribution < -0.4 is 10.2 Å². The summed E-state index contributed by atoms with van der Waals surface area (Å²) in [5.74, 6) is 0.454. The largest absolute Gasteiger partial charge is 0.498 e. The summed E-state index contributed by atoms with van der Waals surface area (Å²) in [6.07, 6.45) is 0.608. The van der Waals surface area contributed by atoms with Crippen molar-refractivity contribution in [1.82, 2.24) is 0 Å². The molecule has 1 aromatic carbocycles. The number of benzene rings is 1. The van der Waals surface area contributed by atoms with Gasteiger partial charge in [0.2, 0.25) is 19.7 Å². The normalized spacial score (nSPS) is 25.4. The maximum absolute atomic E-state index is 12.1. The van der Waals surface area contributed by atoms with E-state index in [0.29, 0.717) is 11.2 Å². The molecule has 9 nitrogen and oxygen atoms in total. The van der Waals surface area contributed by atoms with E-state index >= 15 is 0 Å². The number of ether oxygens (including phenoxy) is 3. The molecule has 0 aliphatic carbocycles. The topological polar surface area (TPSA) is 114 Å². The number of para-hydroxylation sites is 1. The van der Waals surface area contributed by atoms with Gasteiger partial charge in [-0.15, -0.1) is 0 Å². The standard InChI is InChI=1S/C18H27BO9S2/c1-16(2)17(3,4)28-19(27-16)14-9-7-8-10-15(14)24-11-13-12-25-18(26-13,29(5,20)21)30(6,22)23/h7-10,13H,11-12H2,1-6H3. The van der Waals surface area contributed by atoms with Crippen molar-refractivity contribution in [3.63, 3.8) is 0 Å². The van der Waals surface area contributed by atoms with E-state index in [9.17, 15) is 16.8 Å². The van der Waals surface area contributed by atoms with Crippen molar-refractivity contribution < 1.29 is 40.4 Å². The molecule has 3 rings (SSSR count). The molecule has 0 amide bonds. The summed E-state index contributed by atoms with van der Waals surface area (Å²) in [6.45, 7) is 7.39. The molecule has 2 fully saturated rings. The summed E-state index contributed by atoms with van der Waals surface area (Å²) in [7, 11) is -9.08. The Morgan fingerprint density at radius 1 is 1.00 bits per heavy atom. The van der Waals surface area contributed by atoms with Crippen molar-refractivity contribution in [2.75, 3.05) is 25.7 Å². The quantitative estimate of drug-likeness (QED) is 0.557. The molecule has 0 spiro atoms. The number of hydrogen-bond acceptors (Lipinski definition) is 9. The molecule has 12 heteroatoms. The Morgan fingerprint density at radius 3 is 2.03 bits per heavy atom. The van der Waals surface area contributed by atoms with Gasteiger partial charge in [0.1, 0.15) is 18.5 Å². The first-order valence-corrected chi connectivity index (χ1v) is 13.2. The third-order valence-corrected chi connectivity index (χ3v) is 9.58. The molecule has 0 aromatic heterocycles. The molecule has 0 radical (unpaired) electrons. The van der Waals surface area contributed by atoms with Crippen LogP contribution in [0.3, 0.4) is 0 Å². The van der Waals surface area contributed by atoms with Crippen LogP contribution in [0.2, 0.25) is 0 Å². The van der Waals surface area contributed by atoms with E-state index in [0.717, 1.165) is 12.5 Å². The van der Waals surface area contributed by atoms with E-state index in [1.807, 2.05) is 33.8 Å². The van der Waals surface area contributed by atoms with E-state index < -0.39 is 48.6 Å². The van der Waals surface area contributed by atoms with Gasteiger partial charge in [0.25, 0.3) is 0 Å². The summed E-state index contributed by atoms with van der Waals surface area (Å²) in [5, 5.41) is 0. The fourth-order valence-corrected chi connectivity index (χ4v) is 6.56. The van der Waals surface area contributed by atoms with Crippen molar-refractivity contribution in [2.24, 2.45) is 0 Å². The van der Waals surface area contributed by atoms with Gasteiger partial charge in [-0.25, -0.2) is 16.8 Å². The summed E-state index contributed by atoms with van der Waals surface area (Å²) in [5.41, 5.74) is -0.400. The van der Waals surface area contributed by atoms with E-state index in [1.54, 1.807) is 18.2 Å². The Hall–Kier alpha value is -1.18. The number of hydrogen-bond donors (Lipinski definition) is 0. The van der Waals surface area contributed by atoms with E-state index in [4.69, 9.17) is 23.5 Å². The summed E-state index contributed by atoms with van der Waals surface area (Å²) in [4.78, 5) is 0. The maximum Gasteiger partial charge on any atom is 0.498 e. The van der Waals surface area contributed by atoms with Crippen molar-refractivity contribution in [3.8, 4) is 5.75 Å². The highest BCUT2D eigenvalue weighted by Crippen LogP contribution is 2.37. The molecule has 2 heterocycles. The summed E-state index contributed by atoms with van der Waals surface area (Å²) >= 11 is 0. The third-order valence-electron chi connectivity index (χ3n) is 5.52. The maximum atomic E-state index is 12.1. The van der Waals surface area contributed by atoms with Crippen molar-refractivity contribution in [3.05, 3.63) is 24.3 Å². The zero-order valence-corrected chi connectivity index (χ0v) is 19.5. The molecule has 2 aliphatic rings. The monoisotopic (exact) mass is 462 g/mol. The first-order valence-electron chi connectivity index (χ1n) is 9.38. The van der Waals surface area contributed by atoms with Crippen LogP contribution in [0.25, 0.3) is 0 Å². The smallest absolute Gasteiger partial charge is 0.491 e. The summed E-state index contributed by atoms with van der Waals surface area (Å²) < 4.78 is 74.0. The lowest BCUT2D eigenvalue weighted by atomic mass is 9.78. The van der Waals surface area contributed by atoms with Crippen molar-refractivity contribution in [1.29, 1.82) is 0 Å². The minimum atomic E-state index is -4.21. The van der Waals surface area contributed by atoms with Crippen molar-refractivity contribution in [2.45, 2.75) is 49.5 Å². The average Bonchev–Trinajstić information content (AvgIpc) is 3.12. The molecule has 1 aromatic rings. The van der Waals surface area contributed by atoms with Gasteiger partial charge in [0, 0.05) is 18.0 Å². The number of sulfone groups is 2. The zero-order valence-electron chi connectivity index (χ0n) is 17.9. The molecule has 30 heavy (non-hydrogen) atoms. The van der Waals surface area contributed by atoms with Gasteiger partial charge in [-0.05, 0) is 33.8 Å². The SMILES string of the molecule is CC1(C)OB(c2ccccc2OCC2COC(S(C)(=O)=O)(S(C)(=O)=O)O2)OC1(C)C. The van der Waals surface area contributed by atoms with Crippen LogP contribution in [0.5, 0.6) is 5.75 Å². The molecule has 1 unspecified atom stereocenters. The minimum absolute atomic E-state index is 0.122. The second-order valence-corrected chi connectivity index (χ2v) is 13.0. The van der Waals surface area contributed by atoms with Crippen LogP contribution in [0.15, 0.2) is 24.3 Å². The van der Waals surface area contributed by atoms with Gasteiger partial charge >= 0.3 is 11.6 Å². The molecule has 0 N–H and O–H groups in total. The lowest BCUT2D eigenvalue weighted by Gasteiger charge is -2.32. The molecule has 2 saturated heterocycles. The lowest BCUT2D eigenvalue weighted by molar-refractivity contribution is -0.0381. The number of rotatable bonds is 6. The van der Waals surface area contributed by atoms with Crippen LogP contribution in [-0.4, -0.2) is 71.4 Å². The highest BCUT2D eigenvalue weighted by atomic mass is 32.3. The Labute approximate surface area is 178 Å². The highest BCUT2D eigenvalue weighted by Gasteiger charge is 2.59. The Morgan fingerprint density at radius 2 is 1.53 bits per heavy atom. The van der Waals surface area contributed by atoms with E-state index in [2.05, 4.69) is 0 Å². The molecular formula is C18H27BO9S2. The van der Waals surface area contributed by atoms with Gasteiger partial charge in [0.15, 0.2) is 0 Å². The van der Waals surface area contributed by atoms with Gasteiger partial charge in [-0.2, -0.15) is 0 Å². The average molecular weight is 462 g/mol. The van der Waals surface area contributed by atoms with Crippen LogP contribution in [0.4, 0.5) is 0 Å². The zero-order chi connectivity index (χ0) is 22.6. The fraction of sp³-hybridized carbons (Fsp3) is 0.667. The predicted octanol–water partition coefficient (Wildman–Crippen LogP) is 0.481. The Balaban J connectivity index is 1.76. The third kappa shape index (κ3) is 4.01. The molecule has 0 saturated carbocycles. The second-order valence-electron chi connectivity index (χ2n) is 8.53. The fourth-order valence-electron chi connectivity index (χ4n) is 3.17. The molecule has 168 valence electrons. The molecule has 0 bridgehead atoms. The Bertz CT molecular complexity index is 970. The highest BCUT2D eigenvalue weighted by molar-refractivity contribution is 8.09. The van der Waals surface area contributed by atoms with Gasteiger partial charge in [-0.3, -0.25) is 0 Å². The predicted molar refractivity (Wildman–Crippen MR) is 111 cm³/mol. The first-order chi connectivity index (χ1) is 13.6. The van der Waals surface area contributed by atoms with Crippen LogP contribution in [0.1, 0.15) is 27.7 Å². The van der Waals surface area contributed by atoms with Gasteiger partial charge in [0.05, 0.1) is 17.8 Å². The van der Waals surface area contributed by atoms with E-state index in [1.165, 1.54) is 0 Å². The molecular weight excluding hydrogens is 435 g/mol. The lowest BCUT2D eigenvalue weighted by Crippen LogP contribution is -2.47. The Kier molecular flexibility index (Phi) is 5.84. The molecule has 2 aliphatic heterocycles. The van der Waals surface area contributed by atoms with Crippen LogP contribution >= 0.6 is 0 Å². The first kappa shape index (κ1) is 23.5. The molecule has 1 atom stereocenters. The minimum Gasteiger partial charge on any atom is -0.491 e. The van der Waals surface area contributed by atoms with Crippen LogP contribution in [0, 0.1) is 0 Å². The van der Waals surface area contributed by atoms with Crippen molar-refractivity contribution >= 4 is 32.3 Å². The van der Waals surface area contributed by atoms with Gasteiger partial charge in [-0.1, -0.05) is 18.2 Å². The van der Waals surface area contributed by atoms with Gasteiger partial charge < -0.3 is 23.5 Å². The summed E-state index contributed by atoms with van der Waals surface area (Å²) in [6, 6.07) is 7.12. The van der Waals surface area contributed by atoms with Crippen LogP contribution in [-0.2, 0) is 38.5 Å². The second kappa shape index (κ2) is 7.45. The van der Waals surface area contributed by atoms with E-state index in [-0.39, 0.29) is 13.2 Å².